The third-order valence-corrected chi connectivity index (χ3v) is 10.3. The van der Waals surface area contributed by atoms with E-state index in [1.165, 1.54) is 40.6 Å². The van der Waals surface area contributed by atoms with Gasteiger partial charge in [0, 0.05) is 46.5 Å². The van der Waals surface area contributed by atoms with Crippen molar-refractivity contribution < 1.29 is 30.2 Å². The van der Waals surface area contributed by atoms with Crippen LogP contribution in [-0.2, 0) is 21.1 Å². The first-order valence-corrected chi connectivity index (χ1v) is 17.7. The molecule has 1 unspecified atom stereocenters. The molecule has 0 spiro atoms. The van der Waals surface area contributed by atoms with E-state index in [-0.39, 0.29) is 32.8 Å². The number of ether oxygens (including phenoxy) is 1. The molecule has 2 atom stereocenters. The van der Waals surface area contributed by atoms with Gasteiger partial charge in [0.25, 0.3) is 0 Å². The van der Waals surface area contributed by atoms with E-state index in [0.717, 1.165) is 51.7 Å². The number of benzene rings is 5. The summed E-state index contributed by atoms with van der Waals surface area (Å²) in [5.74, 6) is 1.64. The molecular formula is C46H35FN4OPt. The third-order valence-electron chi connectivity index (χ3n) is 10.3. The molecule has 0 bridgehead atoms. The van der Waals surface area contributed by atoms with Crippen molar-refractivity contribution in [2.24, 2.45) is 0 Å². The van der Waals surface area contributed by atoms with Gasteiger partial charge in [-0.3, -0.25) is 4.68 Å². The number of hydrogen-bond donors (Lipinski definition) is 0. The van der Waals surface area contributed by atoms with Crippen molar-refractivity contribution in [1.29, 1.82) is 0 Å². The standard InChI is InChI=1S/C46H35FN4O.Pt/c1-30-45(46-38(32-13-5-3-6-14-32)20-12-21-39(46)33-15-7-4-8-16-33)31(2)51(49-30)35-17-11-18-36(28-35)52-37-23-24-41-40-19-9-10-22-42(40)50(43(41)29-37)44-27-34(47)25-26-48-44;/h3-11,13-20,22-27,39,46H,12,21H2,1-2H3;/q-2;+2/t39-,46?;/m1./s1. The van der Waals surface area contributed by atoms with Crippen LogP contribution in [-0.4, -0.2) is 19.3 Å². The van der Waals surface area contributed by atoms with Gasteiger partial charge in [-0.2, -0.15) is 17.2 Å². The number of aryl methyl sites for hydroxylation is 1. The number of rotatable bonds is 7. The fraction of sp³-hybridized carbons (Fsp3) is 0.130. The van der Waals surface area contributed by atoms with Crippen LogP contribution in [0.1, 0.15) is 52.8 Å². The van der Waals surface area contributed by atoms with Crippen molar-refractivity contribution in [3.8, 4) is 23.0 Å². The summed E-state index contributed by atoms with van der Waals surface area (Å²) in [5.41, 5.74) is 9.75. The summed E-state index contributed by atoms with van der Waals surface area (Å²) in [5, 5.41) is 7.13. The largest absolute Gasteiger partial charge is 2.00 e. The van der Waals surface area contributed by atoms with Crippen LogP contribution in [0.2, 0.25) is 0 Å². The van der Waals surface area contributed by atoms with Crippen LogP contribution in [0.3, 0.4) is 0 Å². The first-order chi connectivity index (χ1) is 25.5. The Morgan fingerprint density at radius 1 is 0.774 bits per heavy atom. The molecule has 262 valence electrons. The molecular weight excluding hydrogens is 839 g/mol. The molecule has 3 aromatic heterocycles. The monoisotopic (exact) mass is 873 g/mol. The maximum absolute atomic E-state index is 14.4. The Labute approximate surface area is 322 Å². The summed E-state index contributed by atoms with van der Waals surface area (Å²) in [6, 6.07) is 49.2. The van der Waals surface area contributed by atoms with Gasteiger partial charge < -0.3 is 9.30 Å². The van der Waals surface area contributed by atoms with Crippen molar-refractivity contribution >= 4 is 27.4 Å². The van der Waals surface area contributed by atoms with E-state index in [9.17, 15) is 4.39 Å². The smallest absolute Gasteiger partial charge is 0.509 e. The Morgan fingerprint density at radius 2 is 1.53 bits per heavy atom. The number of pyridine rings is 1. The molecule has 1 aliphatic carbocycles. The van der Waals surface area contributed by atoms with Crippen LogP contribution >= 0.6 is 0 Å². The molecule has 3 heterocycles. The first kappa shape index (κ1) is 34.5. The average Bonchev–Trinajstić information content (AvgIpc) is 3.67. The first-order valence-electron chi connectivity index (χ1n) is 17.7. The SMILES string of the molecule is Cc1nn(-c2[c-]c(Oc3[c-]c4c(cc3)c3ccccc3n4-c3cc(F)ccn3)ccc2)c(C)c1C1C(c2ccccc2)=CCC[C@@H]1c1ccccc1.[Pt+2]. The Balaban J connectivity index is 0.00000400. The summed E-state index contributed by atoms with van der Waals surface area (Å²) in [4.78, 5) is 4.48. The van der Waals surface area contributed by atoms with Gasteiger partial charge in [0.05, 0.1) is 5.69 Å². The molecule has 5 nitrogen and oxygen atoms in total. The molecule has 0 fully saturated rings. The molecule has 0 N–H and O–H groups in total. The predicted octanol–water partition coefficient (Wildman–Crippen LogP) is 11.3. The minimum absolute atomic E-state index is 0. The van der Waals surface area contributed by atoms with Gasteiger partial charge in [0.15, 0.2) is 0 Å². The van der Waals surface area contributed by atoms with E-state index in [0.29, 0.717) is 23.2 Å². The van der Waals surface area contributed by atoms with Crippen LogP contribution in [0, 0.1) is 31.8 Å². The average molecular weight is 874 g/mol. The van der Waals surface area contributed by atoms with Gasteiger partial charge in [-0.15, -0.1) is 35.7 Å². The molecule has 7 heteroatoms. The molecule has 9 rings (SSSR count). The Hall–Kier alpha value is -5.58. The quantitative estimate of drug-likeness (QED) is 0.150. The summed E-state index contributed by atoms with van der Waals surface area (Å²) in [6.07, 6.45) is 6.00. The molecule has 0 amide bonds. The summed E-state index contributed by atoms with van der Waals surface area (Å²) in [7, 11) is 0. The molecule has 0 aliphatic heterocycles. The predicted molar refractivity (Wildman–Crippen MR) is 205 cm³/mol. The molecule has 1 aliphatic rings. The van der Waals surface area contributed by atoms with E-state index in [4.69, 9.17) is 9.84 Å². The molecule has 0 saturated carbocycles. The number of halogens is 1. The van der Waals surface area contributed by atoms with Crippen molar-refractivity contribution in [2.45, 2.75) is 38.5 Å². The molecule has 5 aromatic carbocycles. The topological polar surface area (TPSA) is 44.9 Å². The molecule has 0 saturated heterocycles. The van der Waals surface area contributed by atoms with E-state index >= 15 is 0 Å². The molecule has 53 heavy (non-hydrogen) atoms. The zero-order valence-corrected chi connectivity index (χ0v) is 31.5. The van der Waals surface area contributed by atoms with E-state index in [1.807, 2.05) is 57.8 Å². The van der Waals surface area contributed by atoms with Gasteiger partial charge in [-0.05, 0) is 72.5 Å². The summed E-state index contributed by atoms with van der Waals surface area (Å²) in [6.45, 7) is 4.28. The Morgan fingerprint density at radius 3 is 2.34 bits per heavy atom. The number of aromatic nitrogens is 4. The zero-order valence-electron chi connectivity index (χ0n) is 29.2. The van der Waals surface area contributed by atoms with E-state index in [2.05, 4.69) is 104 Å². The van der Waals surface area contributed by atoms with Crippen LogP contribution in [0.5, 0.6) is 11.5 Å². The van der Waals surface area contributed by atoms with Gasteiger partial charge in [0.2, 0.25) is 0 Å². The number of nitrogens with zero attached hydrogens (tertiary/aromatic N) is 4. The van der Waals surface area contributed by atoms with Crippen LogP contribution < -0.4 is 4.74 Å². The van der Waals surface area contributed by atoms with E-state index in [1.54, 1.807) is 0 Å². The number of hydrogen-bond acceptors (Lipinski definition) is 3. The number of para-hydroxylation sites is 1. The zero-order chi connectivity index (χ0) is 35.2. The number of allylic oxidation sites excluding steroid dienone is 2. The normalized spacial score (nSPS) is 15.6. The minimum Gasteiger partial charge on any atom is -0.509 e. The second kappa shape index (κ2) is 14.4. The van der Waals surface area contributed by atoms with Crippen molar-refractivity contribution in [3.63, 3.8) is 0 Å². The van der Waals surface area contributed by atoms with Crippen LogP contribution in [0.15, 0.2) is 140 Å². The molecule has 0 radical (unpaired) electrons. The second-order valence-corrected chi connectivity index (χ2v) is 13.4. The van der Waals surface area contributed by atoms with Crippen LogP contribution in [0.4, 0.5) is 4.39 Å². The van der Waals surface area contributed by atoms with Crippen molar-refractivity contribution in [1.82, 2.24) is 19.3 Å². The van der Waals surface area contributed by atoms with Crippen molar-refractivity contribution in [2.75, 3.05) is 0 Å². The van der Waals surface area contributed by atoms with Gasteiger partial charge >= 0.3 is 21.1 Å². The third kappa shape index (κ3) is 6.32. The summed E-state index contributed by atoms with van der Waals surface area (Å²) >= 11 is 0. The maximum atomic E-state index is 14.4. The van der Waals surface area contributed by atoms with Gasteiger partial charge in [-0.25, -0.2) is 9.37 Å². The van der Waals surface area contributed by atoms with Gasteiger partial charge in [-0.1, -0.05) is 90.5 Å². The second-order valence-electron chi connectivity index (χ2n) is 13.4. The van der Waals surface area contributed by atoms with E-state index < -0.39 is 0 Å². The fourth-order valence-electron chi connectivity index (χ4n) is 8.04. The molecule has 8 aromatic rings. The summed E-state index contributed by atoms with van der Waals surface area (Å²) < 4.78 is 24.7. The maximum Gasteiger partial charge on any atom is 2.00 e. The Kier molecular flexibility index (Phi) is 9.40. The fourth-order valence-corrected chi connectivity index (χ4v) is 8.04. The number of fused-ring (bicyclic) bond motifs is 3. The van der Waals surface area contributed by atoms with Gasteiger partial charge in [0.1, 0.15) is 11.6 Å². The minimum atomic E-state index is -0.353. The Bertz CT molecular complexity index is 2610. The van der Waals surface area contributed by atoms with Crippen molar-refractivity contribution in [3.05, 3.63) is 186 Å². The van der Waals surface area contributed by atoms with Crippen LogP contribution in [0.25, 0.3) is 38.9 Å².